The van der Waals surface area contributed by atoms with Crippen LogP contribution in [-0.2, 0) is 9.59 Å². The SMILES string of the molecule is O=C(CCNC(=O)c1ccco1)NCCN1C(=O)S/C(=C\c2ccc3c(c2)OCO3)C1=O. The van der Waals surface area contributed by atoms with Gasteiger partial charge >= 0.3 is 0 Å². The number of carbonyl (C=O) groups is 4. The van der Waals surface area contributed by atoms with Crippen LogP contribution in [0.5, 0.6) is 11.5 Å². The molecule has 1 aromatic heterocycles. The molecular formula is C21H19N3O7S. The lowest BCUT2D eigenvalue weighted by molar-refractivity contribution is -0.124. The molecule has 11 heteroatoms. The third kappa shape index (κ3) is 4.94. The Hall–Kier alpha value is -3.73. The molecule has 2 aliphatic heterocycles. The molecule has 2 N–H and O–H groups in total. The summed E-state index contributed by atoms with van der Waals surface area (Å²) in [6.07, 6.45) is 3.06. The largest absolute Gasteiger partial charge is 0.459 e. The van der Waals surface area contributed by atoms with E-state index in [1.54, 1.807) is 30.3 Å². The van der Waals surface area contributed by atoms with Crippen LogP contribution in [0.1, 0.15) is 22.5 Å². The monoisotopic (exact) mass is 457 g/mol. The highest BCUT2D eigenvalue weighted by Gasteiger charge is 2.34. The molecule has 0 spiro atoms. The van der Waals surface area contributed by atoms with Gasteiger partial charge in [-0.2, -0.15) is 0 Å². The highest BCUT2D eigenvalue weighted by Crippen LogP contribution is 2.36. The minimum atomic E-state index is -0.419. The van der Waals surface area contributed by atoms with E-state index in [4.69, 9.17) is 13.9 Å². The molecule has 10 nitrogen and oxygen atoms in total. The number of hydrogen-bond acceptors (Lipinski definition) is 8. The molecule has 1 fully saturated rings. The summed E-state index contributed by atoms with van der Waals surface area (Å²) in [6, 6.07) is 8.36. The van der Waals surface area contributed by atoms with E-state index in [0.29, 0.717) is 22.0 Å². The van der Waals surface area contributed by atoms with Gasteiger partial charge in [-0.1, -0.05) is 6.07 Å². The standard InChI is InChI=1S/C21H19N3O7S/c25-18(5-6-23-19(26)15-2-1-9-29-15)22-7-8-24-20(27)17(32-21(24)28)11-13-3-4-14-16(10-13)31-12-30-14/h1-4,9-11H,5-8,12H2,(H,22,25)(H,23,26)/b17-11-. The second-order valence-electron chi connectivity index (χ2n) is 6.78. The number of hydrogen-bond donors (Lipinski definition) is 2. The van der Waals surface area contributed by atoms with Crippen LogP contribution in [0.3, 0.4) is 0 Å². The number of furan rings is 1. The summed E-state index contributed by atoms with van der Waals surface area (Å²) in [7, 11) is 0. The van der Waals surface area contributed by atoms with E-state index in [1.165, 1.54) is 12.3 Å². The summed E-state index contributed by atoms with van der Waals surface area (Å²) >= 11 is 0.842. The molecule has 2 aromatic rings. The summed E-state index contributed by atoms with van der Waals surface area (Å²) in [5.74, 6) is 0.242. The maximum absolute atomic E-state index is 12.6. The molecule has 0 aliphatic carbocycles. The van der Waals surface area contributed by atoms with Gasteiger partial charge < -0.3 is 24.5 Å². The average molecular weight is 457 g/mol. The van der Waals surface area contributed by atoms with Gasteiger partial charge in [0, 0.05) is 26.1 Å². The topological polar surface area (TPSA) is 127 Å². The van der Waals surface area contributed by atoms with Gasteiger partial charge in [0.2, 0.25) is 12.7 Å². The first-order valence-corrected chi connectivity index (χ1v) is 10.6. The Labute approximate surface area is 186 Å². The second-order valence-corrected chi connectivity index (χ2v) is 7.77. The second kappa shape index (κ2) is 9.60. The Morgan fingerprint density at radius 2 is 1.94 bits per heavy atom. The van der Waals surface area contributed by atoms with Gasteiger partial charge in [-0.3, -0.25) is 24.1 Å². The number of benzene rings is 1. The molecular weight excluding hydrogens is 438 g/mol. The van der Waals surface area contributed by atoms with Crippen molar-refractivity contribution >= 4 is 40.8 Å². The van der Waals surface area contributed by atoms with Crippen molar-refractivity contribution in [2.24, 2.45) is 0 Å². The number of thioether (sulfide) groups is 1. The molecule has 4 rings (SSSR count). The fourth-order valence-corrected chi connectivity index (χ4v) is 3.89. The van der Waals surface area contributed by atoms with Gasteiger partial charge in [-0.05, 0) is 47.7 Å². The summed E-state index contributed by atoms with van der Waals surface area (Å²) in [5.41, 5.74) is 0.713. The van der Waals surface area contributed by atoms with Crippen LogP contribution in [0, 0.1) is 0 Å². The van der Waals surface area contributed by atoms with Crippen LogP contribution in [0.15, 0.2) is 45.9 Å². The van der Waals surface area contributed by atoms with E-state index in [1.807, 2.05) is 0 Å². The van der Waals surface area contributed by atoms with E-state index in [2.05, 4.69) is 10.6 Å². The molecule has 166 valence electrons. The highest BCUT2D eigenvalue weighted by molar-refractivity contribution is 8.18. The summed E-state index contributed by atoms with van der Waals surface area (Å²) in [4.78, 5) is 49.8. The van der Waals surface area contributed by atoms with Gasteiger partial charge in [0.1, 0.15) is 0 Å². The molecule has 3 heterocycles. The van der Waals surface area contributed by atoms with E-state index in [0.717, 1.165) is 16.7 Å². The zero-order valence-corrected chi connectivity index (χ0v) is 17.6. The van der Waals surface area contributed by atoms with E-state index >= 15 is 0 Å². The molecule has 0 atom stereocenters. The number of ether oxygens (including phenoxy) is 2. The summed E-state index contributed by atoms with van der Waals surface area (Å²) in [6.45, 7) is 0.441. The van der Waals surface area contributed by atoms with Crippen LogP contribution in [-0.4, -0.2) is 54.3 Å². The van der Waals surface area contributed by atoms with Crippen LogP contribution in [0.25, 0.3) is 6.08 Å². The fraction of sp³-hybridized carbons (Fsp3) is 0.238. The maximum Gasteiger partial charge on any atom is 0.293 e. The molecule has 0 radical (unpaired) electrons. The lowest BCUT2D eigenvalue weighted by Gasteiger charge is -2.13. The van der Waals surface area contributed by atoms with E-state index in [-0.39, 0.29) is 44.5 Å². The van der Waals surface area contributed by atoms with Crippen molar-refractivity contribution in [1.82, 2.24) is 15.5 Å². The first-order valence-electron chi connectivity index (χ1n) is 9.74. The highest BCUT2D eigenvalue weighted by atomic mass is 32.2. The zero-order valence-electron chi connectivity index (χ0n) is 16.8. The van der Waals surface area contributed by atoms with Crippen molar-refractivity contribution < 1.29 is 33.1 Å². The predicted octanol–water partition coefficient (Wildman–Crippen LogP) is 1.98. The van der Waals surface area contributed by atoms with E-state index in [9.17, 15) is 19.2 Å². The number of amides is 4. The first-order chi connectivity index (χ1) is 15.5. The Morgan fingerprint density at radius 3 is 2.75 bits per heavy atom. The summed E-state index contributed by atoms with van der Waals surface area (Å²) in [5, 5.41) is 4.80. The number of carbonyl (C=O) groups excluding carboxylic acids is 4. The number of nitrogens with one attached hydrogen (secondary N) is 2. The van der Waals surface area contributed by atoms with Gasteiger partial charge in [-0.25, -0.2) is 0 Å². The van der Waals surface area contributed by atoms with Crippen molar-refractivity contribution in [2.75, 3.05) is 26.4 Å². The van der Waals surface area contributed by atoms with E-state index < -0.39 is 17.1 Å². The third-order valence-corrected chi connectivity index (χ3v) is 5.52. The van der Waals surface area contributed by atoms with Crippen molar-refractivity contribution in [3.8, 4) is 11.5 Å². The van der Waals surface area contributed by atoms with Crippen molar-refractivity contribution in [1.29, 1.82) is 0 Å². The Kier molecular flexibility index (Phi) is 6.45. The van der Waals surface area contributed by atoms with Gasteiger partial charge in [0.05, 0.1) is 11.2 Å². The van der Waals surface area contributed by atoms with Crippen molar-refractivity contribution in [2.45, 2.75) is 6.42 Å². The van der Waals surface area contributed by atoms with Crippen molar-refractivity contribution in [3.05, 3.63) is 52.8 Å². The Balaban J connectivity index is 1.22. The molecule has 0 unspecified atom stereocenters. The number of imide groups is 1. The molecule has 2 aliphatic rings. The Bertz CT molecular complexity index is 1080. The molecule has 0 saturated carbocycles. The van der Waals surface area contributed by atoms with Crippen LogP contribution in [0.2, 0.25) is 0 Å². The van der Waals surface area contributed by atoms with Crippen molar-refractivity contribution in [3.63, 3.8) is 0 Å². The molecule has 32 heavy (non-hydrogen) atoms. The minimum Gasteiger partial charge on any atom is -0.459 e. The minimum absolute atomic E-state index is 0.0492. The normalized spacial score (nSPS) is 16.0. The van der Waals surface area contributed by atoms with Crippen LogP contribution >= 0.6 is 11.8 Å². The quantitative estimate of drug-likeness (QED) is 0.576. The molecule has 1 aromatic carbocycles. The smallest absolute Gasteiger partial charge is 0.293 e. The van der Waals surface area contributed by atoms with Gasteiger partial charge in [0.15, 0.2) is 17.3 Å². The number of nitrogens with zero attached hydrogens (tertiary/aromatic N) is 1. The molecule has 4 amide bonds. The van der Waals surface area contributed by atoms with Gasteiger partial charge in [0.25, 0.3) is 17.1 Å². The lowest BCUT2D eigenvalue weighted by atomic mass is 10.2. The molecule has 0 bridgehead atoms. The van der Waals surface area contributed by atoms with Crippen LogP contribution in [0.4, 0.5) is 4.79 Å². The summed E-state index contributed by atoms with van der Waals surface area (Å²) < 4.78 is 15.5. The number of rotatable bonds is 8. The Morgan fingerprint density at radius 1 is 1.09 bits per heavy atom. The average Bonchev–Trinajstić information content (AvgIpc) is 3.51. The van der Waals surface area contributed by atoms with Gasteiger partial charge in [-0.15, -0.1) is 0 Å². The first kappa shape index (κ1) is 21.5. The number of fused-ring (bicyclic) bond motifs is 1. The zero-order chi connectivity index (χ0) is 22.5. The third-order valence-electron chi connectivity index (χ3n) is 4.61. The fourth-order valence-electron chi connectivity index (χ4n) is 3.03. The van der Waals surface area contributed by atoms with Crippen LogP contribution < -0.4 is 20.1 Å². The maximum atomic E-state index is 12.6. The lowest BCUT2D eigenvalue weighted by Crippen LogP contribution is -2.38. The molecule has 1 saturated heterocycles. The predicted molar refractivity (Wildman–Crippen MR) is 114 cm³/mol.